The van der Waals surface area contributed by atoms with Gasteiger partial charge in [-0.05, 0) is 31.0 Å². The molecule has 0 bridgehead atoms. The van der Waals surface area contributed by atoms with E-state index in [4.69, 9.17) is 10.00 Å². The summed E-state index contributed by atoms with van der Waals surface area (Å²) in [6, 6.07) is 8.22. The molecular formula is C16H18N2O3. The van der Waals surface area contributed by atoms with Gasteiger partial charge >= 0.3 is 5.97 Å². The number of ether oxygens (including phenoxy) is 1. The highest BCUT2D eigenvalue weighted by Crippen LogP contribution is 2.10. The Morgan fingerprint density at radius 3 is 2.57 bits per heavy atom. The summed E-state index contributed by atoms with van der Waals surface area (Å²) in [5, 5.41) is 8.80. The van der Waals surface area contributed by atoms with Gasteiger partial charge in [-0.2, -0.15) is 5.26 Å². The van der Waals surface area contributed by atoms with Gasteiger partial charge < -0.3 is 9.64 Å². The molecule has 1 aromatic carbocycles. The molecule has 5 nitrogen and oxygen atoms in total. The van der Waals surface area contributed by atoms with Crippen molar-refractivity contribution in [1.29, 1.82) is 5.26 Å². The Bertz CT molecular complexity index is 555. The minimum Gasteiger partial charge on any atom is -0.452 e. The van der Waals surface area contributed by atoms with Gasteiger partial charge in [0.1, 0.15) is 0 Å². The van der Waals surface area contributed by atoms with Gasteiger partial charge in [-0.3, -0.25) is 4.79 Å². The van der Waals surface area contributed by atoms with Crippen LogP contribution >= 0.6 is 0 Å². The third-order valence-electron chi connectivity index (χ3n) is 3.51. The molecule has 1 fully saturated rings. The summed E-state index contributed by atoms with van der Waals surface area (Å²) in [6.07, 6.45) is 4.29. The van der Waals surface area contributed by atoms with Crippen molar-refractivity contribution in [2.24, 2.45) is 0 Å². The number of carbonyl (C=O) groups excluding carboxylic acids is 2. The molecule has 21 heavy (non-hydrogen) atoms. The molecule has 1 heterocycles. The van der Waals surface area contributed by atoms with Gasteiger partial charge in [0, 0.05) is 13.1 Å². The first kappa shape index (κ1) is 15.0. The molecule has 0 aromatic heterocycles. The lowest BCUT2D eigenvalue weighted by Crippen LogP contribution is -2.35. The number of carbonyl (C=O) groups is 2. The number of nitrogens with zero attached hydrogens (tertiary/aromatic N) is 2. The van der Waals surface area contributed by atoms with Crippen LogP contribution in [0.1, 0.15) is 41.6 Å². The molecule has 2 rings (SSSR count). The van der Waals surface area contributed by atoms with Gasteiger partial charge in [-0.15, -0.1) is 0 Å². The zero-order chi connectivity index (χ0) is 15.1. The van der Waals surface area contributed by atoms with Crippen molar-refractivity contribution >= 4 is 11.9 Å². The van der Waals surface area contributed by atoms with Crippen LogP contribution in [0.3, 0.4) is 0 Å². The molecule has 0 spiro atoms. The molecule has 0 N–H and O–H groups in total. The van der Waals surface area contributed by atoms with Crippen LogP contribution in [0.2, 0.25) is 0 Å². The molecule has 5 heteroatoms. The predicted molar refractivity (Wildman–Crippen MR) is 76.5 cm³/mol. The molecule has 0 aliphatic carbocycles. The number of likely N-dealkylation sites (tertiary alicyclic amines) is 1. The van der Waals surface area contributed by atoms with E-state index in [1.807, 2.05) is 6.07 Å². The normalized spacial score (nSPS) is 14.9. The Morgan fingerprint density at radius 2 is 1.90 bits per heavy atom. The van der Waals surface area contributed by atoms with E-state index in [1.54, 1.807) is 23.1 Å². The first-order valence-electron chi connectivity index (χ1n) is 7.16. The van der Waals surface area contributed by atoms with Crippen molar-refractivity contribution in [3.8, 4) is 6.07 Å². The van der Waals surface area contributed by atoms with Crippen molar-refractivity contribution in [3.05, 3.63) is 35.4 Å². The topological polar surface area (TPSA) is 70.4 Å². The van der Waals surface area contributed by atoms with Crippen molar-refractivity contribution in [2.45, 2.75) is 25.7 Å². The largest absolute Gasteiger partial charge is 0.452 e. The molecule has 0 unspecified atom stereocenters. The second kappa shape index (κ2) is 7.44. The highest BCUT2D eigenvalue weighted by atomic mass is 16.5. The molecule has 0 atom stereocenters. The van der Waals surface area contributed by atoms with Crippen LogP contribution in [0.4, 0.5) is 0 Å². The molecule has 1 aliphatic rings. The van der Waals surface area contributed by atoms with Crippen molar-refractivity contribution in [2.75, 3.05) is 19.7 Å². The summed E-state index contributed by atoms with van der Waals surface area (Å²) >= 11 is 0. The minimum atomic E-state index is -0.574. The van der Waals surface area contributed by atoms with Crippen LogP contribution in [-0.2, 0) is 9.53 Å². The molecule has 1 aromatic rings. The third-order valence-corrected chi connectivity index (χ3v) is 3.51. The number of amides is 1. The van der Waals surface area contributed by atoms with Gasteiger partial charge in [-0.1, -0.05) is 18.9 Å². The Labute approximate surface area is 124 Å². The Balaban J connectivity index is 1.88. The number of esters is 1. The van der Waals surface area contributed by atoms with E-state index < -0.39 is 5.97 Å². The number of nitriles is 1. The van der Waals surface area contributed by atoms with E-state index in [0.29, 0.717) is 5.56 Å². The zero-order valence-electron chi connectivity index (χ0n) is 11.9. The fraction of sp³-hybridized carbons (Fsp3) is 0.438. The first-order valence-corrected chi connectivity index (χ1v) is 7.16. The summed E-state index contributed by atoms with van der Waals surface area (Å²) < 4.78 is 5.04. The van der Waals surface area contributed by atoms with Crippen LogP contribution in [0.15, 0.2) is 24.3 Å². The highest BCUT2D eigenvalue weighted by molar-refractivity contribution is 5.91. The Kier molecular flexibility index (Phi) is 5.33. The maximum absolute atomic E-state index is 12.0. The number of benzene rings is 1. The van der Waals surface area contributed by atoms with Crippen molar-refractivity contribution in [3.63, 3.8) is 0 Å². The average Bonchev–Trinajstić information content (AvgIpc) is 2.81. The quantitative estimate of drug-likeness (QED) is 0.798. The number of rotatable bonds is 3. The highest BCUT2D eigenvalue weighted by Gasteiger charge is 2.17. The van der Waals surface area contributed by atoms with E-state index in [1.165, 1.54) is 6.07 Å². The maximum atomic E-state index is 12.0. The lowest BCUT2D eigenvalue weighted by molar-refractivity contribution is -0.134. The molecule has 1 amide bonds. The number of hydrogen-bond acceptors (Lipinski definition) is 4. The van der Waals surface area contributed by atoms with Crippen LogP contribution in [0.5, 0.6) is 0 Å². The summed E-state index contributed by atoms with van der Waals surface area (Å²) in [5.74, 6) is -0.725. The summed E-state index contributed by atoms with van der Waals surface area (Å²) in [6.45, 7) is 1.23. The van der Waals surface area contributed by atoms with Crippen LogP contribution in [-0.4, -0.2) is 36.5 Å². The minimum absolute atomic E-state index is 0.151. The summed E-state index contributed by atoms with van der Waals surface area (Å²) in [7, 11) is 0. The summed E-state index contributed by atoms with van der Waals surface area (Å²) in [4.78, 5) is 25.6. The monoisotopic (exact) mass is 286 g/mol. The second-order valence-corrected chi connectivity index (χ2v) is 5.06. The lowest BCUT2D eigenvalue weighted by atomic mass is 10.1. The van der Waals surface area contributed by atoms with Gasteiger partial charge in [0.05, 0.1) is 17.2 Å². The second-order valence-electron chi connectivity index (χ2n) is 5.06. The van der Waals surface area contributed by atoms with Gasteiger partial charge in [0.25, 0.3) is 5.91 Å². The van der Waals surface area contributed by atoms with Crippen molar-refractivity contribution < 1.29 is 14.3 Å². The molecule has 110 valence electrons. The van der Waals surface area contributed by atoms with E-state index in [-0.39, 0.29) is 18.1 Å². The van der Waals surface area contributed by atoms with Gasteiger partial charge in [0.2, 0.25) is 0 Å². The van der Waals surface area contributed by atoms with E-state index in [9.17, 15) is 9.59 Å². The maximum Gasteiger partial charge on any atom is 0.338 e. The Morgan fingerprint density at radius 1 is 1.19 bits per heavy atom. The standard InChI is InChI=1S/C16H18N2O3/c17-11-13-6-5-7-14(10-13)16(20)21-12-15(19)18-8-3-1-2-4-9-18/h5-7,10H,1-4,8-9,12H2. The molecule has 1 aliphatic heterocycles. The van der Waals surface area contributed by atoms with Gasteiger partial charge in [0.15, 0.2) is 6.61 Å². The molecule has 1 saturated heterocycles. The SMILES string of the molecule is N#Cc1cccc(C(=O)OCC(=O)N2CCCCCC2)c1. The van der Waals surface area contributed by atoms with Crippen LogP contribution < -0.4 is 0 Å². The Hall–Kier alpha value is -2.35. The first-order chi connectivity index (χ1) is 10.2. The molecular weight excluding hydrogens is 268 g/mol. The van der Waals surface area contributed by atoms with E-state index >= 15 is 0 Å². The summed E-state index contributed by atoms with van der Waals surface area (Å²) in [5.41, 5.74) is 0.681. The molecule has 0 saturated carbocycles. The van der Waals surface area contributed by atoms with Crippen molar-refractivity contribution in [1.82, 2.24) is 4.90 Å². The third kappa shape index (κ3) is 4.32. The lowest BCUT2D eigenvalue weighted by Gasteiger charge is -2.19. The van der Waals surface area contributed by atoms with Crippen LogP contribution in [0.25, 0.3) is 0 Å². The zero-order valence-corrected chi connectivity index (χ0v) is 11.9. The average molecular weight is 286 g/mol. The fourth-order valence-electron chi connectivity index (χ4n) is 2.34. The fourth-order valence-corrected chi connectivity index (χ4v) is 2.34. The predicted octanol–water partition coefficient (Wildman–Crippen LogP) is 2.12. The molecule has 0 radical (unpaired) electrons. The van der Waals surface area contributed by atoms with Crippen LogP contribution in [0, 0.1) is 11.3 Å². The van der Waals surface area contributed by atoms with E-state index in [2.05, 4.69) is 0 Å². The van der Waals surface area contributed by atoms with Gasteiger partial charge in [-0.25, -0.2) is 4.79 Å². The smallest absolute Gasteiger partial charge is 0.338 e. The number of hydrogen-bond donors (Lipinski definition) is 0. The van der Waals surface area contributed by atoms with E-state index in [0.717, 1.165) is 38.8 Å².